The van der Waals surface area contributed by atoms with Crippen molar-refractivity contribution in [2.75, 3.05) is 25.4 Å². The quantitative estimate of drug-likeness (QED) is 0.760. The lowest BCUT2D eigenvalue weighted by Crippen LogP contribution is -2.40. The molecule has 1 rings (SSSR count). The third-order valence-corrected chi connectivity index (χ3v) is 4.58. The molecule has 1 atom stereocenters. The Morgan fingerprint density at radius 3 is 2.76 bits per heavy atom. The van der Waals surface area contributed by atoms with Crippen LogP contribution in [0.3, 0.4) is 0 Å². The van der Waals surface area contributed by atoms with Crippen LogP contribution in [0.4, 0.5) is 0 Å². The Morgan fingerprint density at radius 2 is 2.18 bits per heavy atom. The fraction of sp³-hybridized carbons (Fsp3) is 0.917. The number of carboxylic acids is 1. The molecule has 1 saturated heterocycles. The molecule has 0 saturated carbocycles. The molecule has 5 heteroatoms. The number of hydrogen-bond donors (Lipinski definition) is 1. The van der Waals surface area contributed by atoms with Gasteiger partial charge in [-0.25, -0.2) is 0 Å². The zero-order valence-corrected chi connectivity index (χ0v) is 12.4. The van der Waals surface area contributed by atoms with E-state index in [4.69, 9.17) is 5.11 Å². The van der Waals surface area contributed by atoms with Crippen LogP contribution in [-0.2, 0) is 4.79 Å². The minimum atomic E-state index is -0.672. The van der Waals surface area contributed by atoms with Gasteiger partial charge in [0.05, 0.1) is 0 Å². The maximum atomic E-state index is 10.4. The molecule has 1 aliphatic rings. The molecule has 0 aromatic rings. The minimum absolute atomic E-state index is 0. The smallest absolute Gasteiger partial charge is 0.303 e. The summed E-state index contributed by atoms with van der Waals surface area (Å²) >= 11 is 2.08. The van der Waals surface area contributed by atoms with Gasteiger partial charge in [-0.2, -0.15) is 11.8 Å². The molecule has 1 aliphatic heterocycles. The number of rotatable bonds is 6. The Hall–Kier alpha value is 0.0700. The van der Waals surface area contributed by atoms with Gasteiger partial charge in [0.25, 0.3) is 0 Å². The van der Waals surface area contributed by atoms with Crippen molar-refractivity contribution in [2.45, 2.75) is 38.4 Å². The molecular formula is C12H24ClNO2S. The second-order valence-corrected chi connectivity index (χ2v) is 6.15. The molecule has 1 heterocycles. The molecule has 0 bridgehead atoms. The van der Waals surface area contributed by atoms with Crippen molar-refractivity contribution in [1.29, 1.82) is 0 Å². The fourth-order valence-corrected chi connectivity index (χ4v) is 3.32. The first-order valence-electron chi connectivity index (χ1n) is 6.15. The van der Waals surface area contributed by atoms with Crippen LogP contribution in [0.1, 0.15) is 33.1 Å². The Bertz CT molecular complexity index is 227. The van der Waals surface area contributed by atoms with Crippen LogP contribution < -0.4 is 0 Å². The summed E-state index contributed by atoms with van der Waals surface area (Å²) in [6.07, 6.45) is 2.14. The number of halogens is 1. The van der Waals surface area contributed by atoms with E-state index in [1.165, 1.54) is 18.8 Å². The SMILES string of the molecule is CC(C)C1CN(CCCCC(=O)O)CCS1.Cl. The highest BCUT2D eigenvalue weighted by Crippen LogP contribution is 2.24. The van der Waals surface area contributed by atoms with E-state index >= 15 is 0 Å². The molecule has 17 heavy (non-hydrogen) atoms. The molecular weight excluding hydrogens is 258 g/mol. The Kier molecular flexibility index (Phi) is 9.10. The van der Waals surface area contributed by atoms with Gasteiger partial charge in [-0.1, -0.05) is 13.8 Å². The van der Waals surface area contributed by atoms with E-state index < -0.39 is 5.97 Å². The van der Waals surface area contributed by atoms with Gasteiger partial charge in [-0.15, -0.1) is 12.4 Å². The maximum Gasteiger partial charge on any atom is 0.303 e. The molecule has 0 aliphatic carbocycles. The Morgan fingerprint density at radius 1 is 1.47 bits per heavy atom. The van der Waals surface area contributed by atoms with Crippen LogP contribution >= 0.6 is 24.2 Å². The third kappa shape index (κ3) is 7.17. The van der Waals surface area contributed by atoms with E-state index in [1.807, 2.05) is 0 Å². The van der Waals surface area contributed by atoms with Gasteiger partial charge in [-0.3, -0.25) is 4.79 Å². The normalized spacial score (nSPS) is 21.2. The number of thioether (sulfide) groups is 1. The number of carboxylic acid groups (broad SMARTS) is 1. The van der Waals surface area contributed by atoms with E-state index in [-0.39, 0.29) is 12.4 Å². The molecule has 0 aromatic carbocycles. The lowest BCUT2D eigenvalue weighted by Gasteiger charge is -2.34. The summed E-state index contributed by atoms with van der Waals surface area (Å²) in [4.78, 5) is 12.9. The molecule has 0 radical (unpaired) electrons. The standard InChI is InChI=1S/C12H23NO2S.ClH/c1-10(2)11-9-13(7-8-16-11)6-4-3-5-12(14)15;/h10-11H,3-9H2,1-2H3,(H,14,15);1H. The summed E-state index contributed by atoms with van der Waals surface area (Å²) in [5, 5.41) is 9.31. The topological polar surface area (TPSA) is 40.5 Å². The summed E-state index contributed by atoms with van der Waals surface area (Å²) in [6.45, 7) is 7.98. The van der Waals surface area contributed by atoms with E-state index in [0.29, 0.717) is 6.42 Å². The monoisotopic (exact) mass is 281 g/mol. The van der Waals surface area contributed by atoms with Gasteiger partial charge < -0.3 is 10.0 Å². The zero-order chi connectivity index (χ0) is 12.0. The maximum absolute atomic E-state index is 10.4. The first kappa shape index (κ1) is 17.1. The van der Waals surface area contributed by atoms with Crippen LogP contribution in [0, 0.1) is 5.92 Å². The van der Waals surface area contributed by atoms with Gasteiger partial charge >= 0.3 is 5.97 Å². The Balaban J connectivity index is 0.00000256. The van der Waals surface area contributed by atoms with Crippen molar-refractivity contribution in [2.24, 2.45) is 5.92 Å². The minimum Gasteiger partial charge on any atom is -0.481 e. The van der Waals surface area contributed by atoms with E-state index in [1.54, 1.807) is 0 Å². The molecule has 1 unspecified atom stereocenters. The van der Waals surface area contributed by atoms with Crippen LogP contribution in [0.25, 0.3) is 0 Å². The number of aliphatic carboxylic acids is 1. The molecule has 0 aromatic heterocycles. The first-order chi connectivity index (χ1) is 7.59. The predicted octanol–water partition coefficient (Wildman–Crippen LogP) is 2.74. The molecule has 102 valence electrons. The average molecular weight is 282 g/mol. The van der Waals surface area contributed by atoms with Gasteiger partial charge in [0.1, 0.15) is 0 Å². The van der Waals surface area contributed by atoms with Crippen molar-refractivity contribution >= 4 is 30.1 Å². The number of hydrogen-bond acceptors (Lipinski definition) is 3. The van der Waals surface area contributed by atoms with Gasteiger partial charge in [0, 0.05) is 30.5 Å². The molecule has 1 fully saturated rings. The predicted molar refractivity (Wildman–Crippen MR) is 76.3 cm³/mol. The second kappa shape index (κ2) is 9.06. The van der Waals surface area contributed by atoms with E-state index in [0.717, 1.165) is 30.6 Å². The summed E-state index contributed by atoms with van der Waals surface area (Å²) < 4.78 is 0. The van der Waals surface area contributed by atoms with Crippen molar-refractivity contribution < 1.29 is 9.90 Å². The van der Waals surface area contributed by atoms with Crippen LogP contribution in [0.15, 0.2) is 0 Å². The van der Waals surface area contributed by atoms with Crippen LogP contribution in [-0.4, -0.2) is 46.6 Å². The zero-order valence-electron chi connectivity index (χ0n) is 10.7. The molecule has 0 spiro atoms. The van der Waals surface area contributed by atoms with Gasteiger partial charge in [-0.05, 0) is 25.3 Å². The van der Waals surface area contributed by atoms with E-state index in [2.05, 4.69) is 30.5 Å². The average Bonchev–Trinajstić information content (AvgIpc) is 2.24. The van der Waals surface area contributed by atoms with Gasteiger partial charge in [0.2, 0.25) is 0 Å². The second-order valence-electron chi connectivity index (χ2n) is 4.80. The number of carbonyl (C=O) groups is 1. The van der Waals surface area contributed by atoms with Crippen molar-refractivity contribution in [3.63, 3.8) is 0 Å². The third-order valence-electron chi connectivity index (χ3n) is 3.04. The highest BCUT2D eigenvalue weighted by Gasteiger charge is 2.22. The lowest BCUT2D eigenvalue weighted by molar-refractivity contribution is -0.137. The summed E-state index contributed by atoms with van der Waals surface area (Å²) in [6, 6.07) is 0. The molecule has 3 nitrogen and oxygen atoms in total. The molecule has 1 N–H and O–H groups in total. The first-order valence-corrected chi connectivity index (χ1v) is 7.20. The van der Waals surface area contributed by atoms with Crippen LogP contribution in [0.2, 0.25) is 0 Å². The Labute approximate surface area is 115 Å². The van der Waals surface area contributed by atoms with E-state index in [9.17, 15) is 4.79 Å². The molecule has 0 amide bonds. The summed E-state index contributed by atoms with van der Waals surface area (Å²) in [5.41, 5.74) is 0. The fourth-order valence-electron chi connectivity index (χ4n) is 1.95. The van der Waals surface area contributed by atoms with Crippen molar-refractivity contribution in [3.8, 4) is 0 Å². The van der Waals surface area contributed by atoms with Crippen LogP contribution in [0.5, 0.6) is 0 Å². The largest absolute Gasteiger partial charge is 0.481 e. The lowest BCUT2D eigenvalue weighted by atomic mass is 10.1. The van der Waals surface area contributed by atoms with Crippen molar-refractivity contribution in [1.82, 2.24) is 4.90 Å². The van der Waals surface area contributed by atoms with Gasteiger partial charge in [0.15, 0.2) is 0 Å². The number of unbranched alkanes of at least 4 members (excludes halogenated alkanes) is 1. The summed E-state index contributed by atoms with van der Waals surface area (Å²) in [7, 11) is 0. The summed E-state index contributed by atoms with van der Waals surface area (Å²) in [5.74, 6) is 1.29. The highest BCUT2D eigenvalue weighted by molar-refractivity contribution is 8.00. The van der Waals surface area contributed by atoms with Crippen molar-refractivity contribution in [3.05, 3.63) is 0 Å². The highest BCUT2D eigenvalue weighted by atomic mass is 35.5. The number of nitrogens with zero attached hydrogens (tertiary/aromatic N) is 1.